The van der Waals surface area contributed by atoms with Gasteiger partial charge in [-0.25, -0.2) is 0 Å². The maximum atomic E-state index is 4.33. The minimum absolute atomic E-state index is 1.08. The molecule has 0 amide bonds. The Labute approximate surface area is 65.7 Å². The smallest absolute Gasteiger partial charge is 0.0259 e. The average Bonchev–Trinajstić information content (AvgIpc) is 1.89. The molecule has 3 heteroatoms. The van der Waals surface area contributed by atoms with Crippen molar-refractivity contribution in [2.75, 3.05) is 18.6 Å². The summed E-state index contributed by atoms with van der Waals surface area (Å²) in [6.45, 7) is 0. The first-order valence-electron chi connectivity index (χ1n) is 3.01. The van der Waals surface area contributed by atoms with Gasteiger partial charge in [0.2, 0.25) is 0 Å². The second-order valence-corrected chi connectivity index (χ2v) is 3.62. The second kappa shape index (κ2) is 3.42. The zero-order valence-electron chi connectivity index (χ0n) is 5.48. The van der Waals surface area contributed by atoms with Crippen molar-refractivity contribution in [3.63, 3.8) is 0 Å². The molecule has 9 heavy (non-hydrogen) atoms. The molecule has 1 rings (SSSR count). The molecule has 0 atom stereocenters. The first-order chi connectivity index (χ1) is 4.34. The average molecular weight is 161 g/mol. The molecule has 0 radical (unpaired) electrons. The van der Waals surface area contributed by atoms with Gasteiger partial charge in [0.25, 0.3) is 0 Å². The maximum absolute atomic E-state index is 4.33. The van der Waals surface area contributed by atoms with E-state index in [2.05, 4.69) is 17.9 Å². The van der Waals surface area contributed by atoms with E-state index in [4.69, 9.17) is 0 Å². The fourth-order valence-electron chi connectivity index (χ4n) is 0.844. The Balaban J connectivity index is 2.59. The molecule has 1 aliphatic rings. The van der Waals surface area contributed by atoms with Crippen LogP contribution in [0.2, 0.25) is 0 Å². The molecule has 0 fully saturated rings. The first kappa shape index (κ1) is 7.35. The van der Waals surface area contributed by atoms with Gasteiger partial charge in [0.15, 0.2) is 0 Å². The van der Waals surface area contributed by atoms with Crippen LogP contribution in [0.3, 0.4) is 0 Å². The first-order valence-corrected chi connectivity index (χ1v) is 4.61. The van der Waals surface area contributed by atoms with Crippen molar-refractivity contribution < 1.29 is 0 Å². The Morgan fingerprint density at radius 3 is 2.89 bits per heavy atom. The zero-order chi connectivity index (χ0) is 6.69. The highest BCUT2D eigenvalue weighted by Gasteiger charge is 2.07. The third-order valence-electron chi connectivity index (χ3n) is 1.39. The maximum Gasteiger partial charge on any atom is 0.0259 e. The molecule has 1 heterocycles. The molecule has 0 aliphatic carbocycles. The van der Waals surface area contributed by atoms with Crippen LogP contribution in [0.4, 0.5) is 0 Å². The van der Waals surface area contributed by atoms with E-state index >= 15 is 0 Å². The van der Waals surface area contributed by atoms with E-state index in [-0.39, 0.29) is 0 Å². The van der Waals surface area contributed by atoms with Crippen LogP contribution in [-0.4, -0.2) is 18.6 Å². The summed E-state index contributed by atoms with van der Waals surface area (Å²) < 4.78 is 0. The Kier molecular flexibility index (Phi) is 2.79. The molecule has 0 spiro atoms. The van der Waals surface area contributed by atoms with Crippen LogP contribution in [0, 0.1) is 0 Å². The van der Waals surface area contributed by atoms with E-state index in [0.717, 1.165) is 12.2 Å². The summed E-state index contributed by atoms with van der Waals surface area (Å²) in [7, 11) is 1.96. The van der Waals surface area contributed by atoms with Gasteiger partial charge in [-0.3, -0.25) is 0 Å². The SMILES string of the molecule is CNC1=C(S)CSCC1. The van der Waals surface area contributed by atoms with Crippen molar-refractivity contribution in [1.82, 2.24) is 5.32 Å². The lowest BCUT2D eigenvalue weighted by molar-refractivity contribution is 0.891. The van der Waals surface area contributed by atoms with E-state index in [9.17, 15) is 0 Å². The lowest BCUT2D eigenvalue weighted by Crippen LogP contribution is -2.12. The Hall–Kier alpha value is 0.240. The van der Waals surface area contributed by atoms with Crippen molar-refractivity contribution in [3.8, 4) is 0 Å². The van der Waals surface area contributed by atoms with Crippen molar-refractivity contribution in [2.24, 2.45) is 0 Å². The van der Waals surface area contributed by atoms with Crippen LogP contribution >= 0.6 is 24.4 Å². The number of hydrogen-bond acceptors (Lipinski definition) is 3. The summed E-state index contributed by atoms with van der Waals surface area (Å²) in [6.07, 6.45) is 1.15. The number of nitrogens with one attached hydrogen (secondary N) is 1. The van der Waals surface area contributed by atoms with Gasteiger partial charge in [0.05, 0.1) is 0 Å². The molecular formula is C6H11NS2. The predicted molar refractivity (Wildman–Crippen MR) is 47.0 cm³/mol. The zero-order valence-corrected chi connectivity index (χ0v) is 7.19. The fraction of sp³-hybridized carbons (Fsp3) is 0.667. The monoisotopic (exact) mass is 161 g/mol. The molecule has 1 N–H and O–H groups in total. The summed E-state index contributed by atoms with van der Waals surface area (Å²) in [5.41, 5.74) is 1.32. The van der Waals surface area contributed by atoms with Crippen LogP contribution in [0.5, 0.6) is 0 Å². The van der Waals surface area contributed by atoms with Gasteiger partial charge >= 0.3 is 0 Å². The van der Waals surface area contributed by atoms with Crippen molar-refractivity contribution in [1.29, 1.82) is 0 Å². The van der Waals surface area contributed by atoms with Crippen molar-refractivity contribution >= 4 is 24.4 Å². The van der Waals surface area contributed by atoms with Gasteiger partial charge < -0.3 is 5.32 Å². The molecule has 0 unspecified atom stereocenters. The Morgan fingerprint density at radius 2 is 2.44 bits per heavy atom. The van der Waals surface area contributed by atoms with E-state index < -0.39 is 0 Å². The topological polar surface area (TPSA) is 12.0 Å². The second-order valence-electron chi connectivity index (χ2n) is 1.98. The molecule has 0 saturated heterocycles. The fourth-order valence-corrected chi connectivity index (χ4v) is 2.20. The summed E-state index contributed by atoms with van der Waals surface area (Å²) in [5.74, 6) is 2.32. The van der Waals surface area contributed by atoms with Crippen LogP contribution in [0.1, 0.15) is 6.42 Å². The summed E-state index contributed by atoms with van der Waals surface area (Å²) in [4.78, 5) is 1.22. The molecule has 0 bridgehead atoms. The standard InChI is InChI=1S/C6H11NS2/c1-7-5-2-3-9-4-6(5)8/h7-8H,2-4H2,1H3. The molecule has 0 aromatic heterocycles. The largest absolute Gasteiger partial charge is 0.391 e. The summed E-state index contributed by atoms with van der Waals surface area (Å²) in [6, 6.07) is 0. The van der Waals surface area contributed by atoms with Gasteiger partial charge in [0, 0.05) is 23.4 Å². The van der Waals surface area contributed by atoms with Gasteiger partial charge in [-0.2, -0.15) is 11.8 Å². The molecular weight excluding hydrogens is 150 g/mol. The van der Waals surface area contributed by atoms with Crippen LogP contribution in [0.25, 0.3) is 0 Å². The minimum atomic E-state index is 1.08. The van der Waals surface area contributed by atoms with Crippen molar-refractivity contribution in [3.05, 3.63) is 10.6 Å². The Morgan fingerprint density at radius 1 is 1.67 bits per heavy atom. The quantitative estimate of drug-likeness (QED) is 0.565. The number of hydrogen-bond donors (Lipinski definition) is 2. The highest BCUT2D eigenvalue weighted by atomic mass is 32.2. The third-order valence-corrected chi connectivity index (χ3v) is 3.01. The summed E-state index contributed by atoms with van der Waals surface area (Å²) in [5, 5.41) is 3.14. The Bertz CT molecular complexity index is 131. The lowest BCUT2D eigenvalue weighted by Gasteiger charge is -2.15. The van der Waals surface area contributed by atoms with E-state index in [1.807, 2.05) is 18.8 Å². The molecule has 0 aromatic carbocycles. The predicted octanol–water partition coefficient (Wildman–Crippen LogP) is 1.48. The number of allylic oxidation sites excluding steroid dienone is 1. The van der Waals surface area contributed by atoms with Crippen LogP contribution in [0.15, 0.2) is 10.6 Å². The van der Waals surface area contributed by atoms with Crippen LogP contribution in [-0.2, 0) is 0 Å². The van der Waals surface area contributed by atoms with E-state index in [1.165, 1.54) is 16.4 Å². The number of rotatable bonds is 1. The molecule has 1 nitrogen and oxygen atoms in total. The normalized spacial score (nSPS) is 20.2. The molecule has 1 aliphatic heterocycles. The molecule has 0 saturated carbocycles. The number of thioether (sulfide) groups is 1. The van der Waals surface area contributed by atoms with Gasteiger partial charge in [0.1, 0.15) is 0 Å². The van der Waals surface area contributed by atoms with E-state index in [1.54, 1.807) is 0 Å². The molecule has 0 aromatic rings. The van der Waals surface area contributed by atoms with Gasteiger partial charge in [-0.05, 0) is 12.2 Å². The lowest BCUT2D eigenvalue weighted by atomic mass is 10.3. The minimum Gasteiger partial charge on any atom is -0.391 e. The van der Waals surface area contributed by atoms with Gasteiger partial charge in [-0.15, -0.1) is 12.6 Å². The van der Waals surface area contributed by atoms with E-state index in [0.29, 0.717) is 0 Å². The van der Waals surface area contributed by atoms with Crippen LogP contribution < -0.4 is 5.32 Å². The van der Waals surface area contributed by atoms with Crippen molar-refractivity contribution in [2.45, 2.75) is 6.42 Å². The highest BCUT2D eigenvalue weighted by Crippen LogP contribution is 2.23. The van der Waals surface area contributed by atoms with Gasteiger partial charge in [-0.1, -0.05) is 0 Å². The number of thiol groups is 1. The highest BCUT2D eigenvalue weighted by molar-refractivity contribution is 8.00. The summed E-state index contributed by atoms with van der Waals surface area (Å²) >= 11 is 6.28. The third kappa shape index (κ3) is 1.83. The molecule has 52 valence electrons.